The van der Waals surface area contributed by atoms with Gasteiger partial charge in [0, 0.05) is 29.4 Å². The maximum atomic E-state index is 12.2. The second-order valence-corrected chi connectivity index (χ2v) is 6.33. The van der Waals surface area contributed by atoms with Gasteiger partial charge in [0.05, 0.1) is 0 Å². The average Bonchev–Trinajstić information content (AvgIpc) is 2.38. The van der Waals surface area contributed by atoms with Crippen molar-refractivity contribution in [2.75, 3.05) is 11.1 Å². The first-order valence-corrected chi connectivity index (χ1v) is 7.17. The van der Waals surface area contributed by atoms with Crippen LogP contribution >= 0.6 is 0 Å². The van der Waals surface area contributed by atoms with Crippen molar-refractivity contribution in [2.45, 2.75) is 45.1 Å². The predicted octanol–water partition coefficient (Wildman–Crippen LogP) is 2.15. The van der Waals surface area contributed by atoms with E-state index in [9.17, 15) is 4.79 Å². The zero-order valence-electron chi connectivity index (χ0n) is 12.2. The number of aromatic nitrogens is 1. The first-order chi connectivity index (χ1) is 9.36. The number of hydrogen-bond donors (Lipinski definition) is 3. The summed E-state index contributed by atoms with van der Waals surface area (Å²) in [5, 5.41) is 2.92. The molecule has 5 N–H and O–H groups in total. The summed E-state index contributed by atoms with van der Waals surface area (Å²) >= 11 is 0. The minimum Gasteiger partial charge on any atom is -0.384 e. The van der Waals surface area contributed by atoms with Gasteiger partial charge in [-0.1, -0.05) is 0 Å². The van der Waals surface area contributed by atoms with Gasteiger partial charge in [0.15, 0.2) is 0 Å². The van der Waals surface area contributed by atoms with Gasteiger partial charge in [0.2, 0.25) is 5.91 Å². The zero-order chi connectivity index (χ0) is 14.8. The molecule has 1 aliphatic carbocycles. The van der Waals surface area contributed by atoms with Gasteiger partial charge in [-0.05, 0) is 51.5 Å². The van der Waals surface area contributed by atoms with Crippen molar-refractivity contribution in [3.05, 3.63) is 18.3 Å². The minimum absolute atomic E-state index is 0.0722. The summed E-state index contributed by atoms with van der Waals surface area (Å²) in [7, 11) is 0. The number of nitrogens with one attached hydrogen (secondary N) is 1. The van der Waals surface area contributed by atoms with E-state index in [2.05, 4.69) is 24.1 Å². The molecule has 0 unspecified atom stereocenters. The van der Waals surface area contributed by atoms with Crippen LogP contribution in [0.2, 0.25) is 0 Å². The van der Waals surface area contributed by atoms with Crippen LogP contribution in [0.5, 0.6) is 0 Å². The number of nitrogen functional groups attached to an aromatic ring is 1. The van der Waals surface area contributed by atoms with Crippen LogP contribution in [0, 0.1) is 11.8 Å². The largest absolute Gasteiger partial charge is 0.384 e. The molecule has 0 spiro atoms. The van der Waals surface area contributed by atoms with Crippen molar-refractivity contribution < 1.29 is 4.79 Å². The Labute approximate surface area is 120 Å². The number of anilines is 2. The predicted molar refractivity (Wildman–Crippen MR) is 81.0 cm³/mol. The van der Waals surface area contributed by atoms with E-state index in [-0.39, 0.29) is 17.4 Å². The third-order valence-electron chi connectivity index (χ3n) is 4.20. The molecule has 20 heavy (non-hydrogen) atoms. The number of amides is 1. The lowest BCUT2D eigenvalue weighted by Crippen LogP contribution is -2.43. The number of pyridine rings is 1. The Morgan fingerprint density at radius 1 is 1.35 bits per heavy atom. The van der Waals surface area contributed by atoms with Gasteiger partial charge in [-0.3, -0.25) is 4.79 Å². The van der Waals surface area contributed by atoms with Crippen molar-refractivity contribution in [2.24, 2.45) is 17.6 Å². The molecule has 0 aromatic carbocycles. The molecule has 1 amide bonds. The third kappa shape index (κ3) is 3.70. The fraction of sp³-hybridized carbons (Fsp3) is 0.600. The van der Waals surface area contributed by atoms with Crippen LogP contribution in [-0.2, 0) is 4.79 Å². The minimum atomic E-state index is -0.152. The Bertz CT molecular complexity index is 473. The van der Waals surface area contributed by atoms with E-state index in [1.807, 2.05) is 0 Å². The normalized spacial score (nSPS) is 23.4. The first-order valence-electron chi connectivity index (χ1n) is 7.17. The van der Waals surface area contributed by atoms with Crippen molar-refractivity contribution in [1.29, 1.82) is 0 Å². The fourth-order valence-electron chi connectivity index (χ4n) is 2.87. The lowest BCUT2D eigenvalue weighted by molar-refractivity contribution is -0.121. The second kappa shape index (κ2) is 5.79. The highest BCUT2D eigenvalue weighted by atomic mass is 16.1. The van der Waals surface area contributed by atoms with Crippen molar-refractivity contribution in [3.63, 3.8) is 0 Å². The number of hydrogen-bond acceptors (Lipinski definition) is 4. The molecule has 5 heteroatoms. The summed E-state index contributed by atoms with van der Waals surface area (Å²) in [6, 6.07) is 3.43. The van der Waals surface area contributed by atoms with E-state index in [0.717, 1.165) is 25.7 Å². The molecule has 5 nitrogen and oxygen atoms in total. The van der Waals surface area contributed by atoms with Gasteiger partial charge in [-0.2, -0.15) is 0 Å². The van der Waals surface area contributed by atoms with Crippen molar-refractivity contribution in [1.82, 2.24) is 4.98 Å². The Hall–Kier alpha value is -1.62. The number of nitrogens with zero attached hydrogens (tertiary/aromatic N) is 1. The Balaban J connectivity index is 1.89. The van der Waals surface area contributed by atoms with Crippen molar-refractivity contribution in [3.8, 4) is 0 Å². The Morgan fingerprint density at radius 3 is 2.55 bits per heavy atom. The summed E-state index contributed by atoms with van der Waals surface area (Å²) in [5.41, 5.74) is 12.3. The summed E-state index contributed by atoms with van der Waals surface area (Å²) in [6.07, 6.45) is 5.42. The summed E-state index contributed by atoms with van der Waals surface area (Å²) in [4.78, 5) is 16.1. The van der Waals surface area contributed by atoms with Crippen LogP contribution in [0.15, 0.2) is 18.3 Å². The molecule has 1 heterocycles. The molecule has 1 aromatic heterocycles. The smallest absolute Gasteiger partial charge is 0.227 e. The molecular weight excluding hydrogens is 252 g/mol. The lowest BCUT2D eigenvalue weighted by Gasteiger charge is -2.36. The monoisotopic (exact) mass is 276 g/mol. The summed E-state index contributed by atoms with van der Waals surface area (Å²) in [6.45, 7) is 4.13. The van der Waals surface area contributed by atoms with E-state index >= 15 is 0 Å². The molecule has 0 radical (unpaired) electrons. The molecular formula is C15H24N4O. The lowest BCUT2D eigenvalue weighted by atomic mass is 9.73. The number of rotatable bonds is 3. The van der Waals surface area contributed by atoms with Gasteiger partial charge in [-0.15, -0.1) is 0 Å². The van der Waals surface area contributed by atoms with Gasteiger partial charge in [0.25, 0.3) is 0 Å². The van der Waals surface area contributed by atoms with E-state index < -0.39 is 0 Å². The molecule has 1 aliphatic rings. The van der Waals surface area contributed by atoms with E-state index in [4.69, 9.17) is 11.5 Å². The van der Waals surface area contributed by atoms with Gasteiger partial charge in [-0.25, -0.2) is 4.98 Å². The van der Waals surface area contributed by atoms with Crippen LogP contribution in [0.3, 0.4) is 0 Å². The highest BCUT2D eigenvalue weighted by Crippen LogP contribution is 2.34. The highest BCUT2D eigenvalue weighted by molar-refractivity contribution is 5.92. The standard InChI is InChI=1S/C15H24N4O/c1-15(2,17)11-5-3-10(4-6-11)14(20)19-12-7-8-18-13(16)9-12/h7-11H,3-6,17H2,1-2H3,(H3,16,18,19,20). The van der Waals surface area contributed by atoms with Crippen LogP contribution in [0.25, 0.3) is 0 Å². The van der Waals surface area contributed by atoms with E-state index in [1.165, 1.54) is 0 Å². The fourth-order valence-corrected chi connectivity index (χ4v) is 2.87. The van der Waals surface area contributed by atoms with Gasteiger partial charge in [0.1, 0.15) is 5.82 Å². The Morgan fingerprint density at radius 2 is 2.00 bits per heavy atom. The topological polar surface area (TPSA) is 94.0 Å². The quantitative estimate of drug-likeness (QED) is 0.788. The number of carbonyl (C=O) groups is 1. The zero-order valence-corrected chi connectivity index (χ0v) is 12.2. The first kappa shape index (κ1) is 14.8. The molecule has 1 saturated carbocycles. The third-order valence-corrected chi connectivity index (χ3v) is 4.20. The highest BCUT2D eigenvalue weighted by Gasteiger charge is 2.32. The molecule has 1 fully saturated rings. The SMILES string of the molecule is CC(C)(N)C1CCC(C(=O)Nc2ccnc(N)c2)CC1. The van der Waals surface area contributed by atoms with Crippen LogP contribution < -0.4 is 16.8 Å². The van der Waals surface area contributed by atoms with Crippen LogP contribution in [-0.4, -0.2) is 16.4 Å². The second-order valence-electron chi connectivity index (χ2n) is 6.33. The maximum absolute atomic E-state index is 12.2. The number of nitrogens with two attached hydrogens (primary N) is 2. The van der Waals surface area contributed by atoms with Crippen molar-refractivity contribution >= 4 is 17.4 Å². The summed E-state index contributed by atoms with van der Waals surface area (Å²) in [5.74, 6) is 1.06. The molecule has 110 valence electrons. The number of carbonyl (C=O) groups excluding carboxylic acids is 1. The Kier molecular flexibility index (Phi) is 4.28. The molecule has 2 rings (SSSR count). The molecule has 0 saturated heterocycles. The molecule has 0 aliphatic heterocycles. The molecule has 1 aromatic rings. The van der Waals surface area contributed by atoms with Crippen LogP contribution in [0.1, 0.15) is 39.5 Å². The van der Waals surface area contributed by atoms with E-state index in [1.54, 1.807) is 18.3 Å². The van der Waals surface area contributed by atoms with Gasteiger partial charge < -0.3 is 16.8 Å². The van der Waals surface area contributed by atoms with E-state index in [0.29, 0.717) is 17.4 Å². The molecule has 0 atom stereocenters. The van der Waals surface area contributed by atoms with Crippen LogP contribution in [0.4, 0.5) is 11.5 Å². The molecule has 0 bridgehead atoms. The maximum Gasteiger partial charge on any atom is 0.227 e. The average molecular weight is 276 g/mol. The summed E-state index contributed by atoms with van der Waals surface area (Å²) < 4.78 is 0. The van der Waals surface area contributed by atoms with Gasteiger partial charge >= 0.3 is 0 Å².